The standard InChI is InChI=1S/C24H20FN3O3.C21H16FN3O3.C19H17FN4O3.C19H16FN3O2.C12H14N2O5.C4H8N2O3/c25-17-9-6-15(7-10-17)8-12-19-22-20(28-27-19)13-11-18(23(22)30)24(31)26-21(14-29)16-4-2-1-3-5-16;22-14-6-3-13(4-7-14)5-9-17-19-18(25-24-17)10-8-16(20(19)26)21(27)23-12-15-2-1-11-28-15;1-10(18(21)26)22-19(27)13-7-9-15-16(17(13)25)14(23-24-15)8-4-11-2-5-12(20)6-3-11;20-12-4-1-11(2-5-12)3-9-15-17-16(23-22-15)10-8-14(18(17)24)19(25)21-13-6-7-13;1-9(15)18-8-11(16)13-14-12(17)19-7-10-5-3-2-4-6-10;1-3(7)9-2-4(8)6-5/h1-13,21,29-30H,14H2,(H,26,31)(H,27,28);1-11,26H,12H2,(H,23,27)(H,24,25);2-10,25H,1H3,(H2,21,26)(H,22,27)(H,23,24);1-5,8-10,13,24H,6-7H2,(H,21,25)(H,22,23);2-6H,7-8H2,1H3,(H,13,16)(H,14,17);2,5H2,1H3,(H,6,8)/b12-8+;9-5+;8-4+;9-3+;;/t21-;;10-;;;/m1.0.../s1. The van der Waals surface area contributed by atoms with E-state index in [1.807, 2.05) is 47.2 Å². The van der Waals surface area contributed by atoms with Crippen LogP contribution in [0.3, 0.4) is 0 Å². The normalized spacial score (nSPS) is 11.8. The van der Waals surface area contributed by atoms with Crippen LogP contribution < -0.4 is 49.1 Å². The summed E-state index contributed by atoms with van der Waals surface area (Å²) in [5, 5.41) is 92.6. The lowest BCUT2D eigenvalue weighted by Crippen LogP contribution is -2.43. The van der Waals surface area contributed by atoms with Crippen LogP contribution in [-0.4, -0.2) is 158 Å². The monoisotopic (exact) mass is 1900 g/mol. The lowest BCUT2D eigenvalue weighted by molar-refractivity contribution is -0.146. The van der Waals surface area contributed by atoms with E-state index in [0.717, 1.165) is 46.2 Å². The summed E-state index contributed by atoms with van der Waals surface area (Å²) in [7, 11) is 0. The highest BCUT2D eigenvalue weighted by molar-refractivity contribution is 6.09. The topological polar surface area (TPSA) is 564 Å². The highest BCUT2D eigenvalue weighted by Crippen LogP contribution is 2.37. The van der Waals surface area contributed by atoms with Crippen LogP contribution in [0, 0.1) is 23.3 Å². The van der Waals surface area contributed by atoms with Crippen molar-refractivity contribution in [2.45, 2.75) is 64.9 Å². The summed E-state index contributed by atoms with van der Waals surface area (Å²) in [6.45, 7) is 3.08. The number of aromatic amines is 4. The number of ether oxygens (including phenoxy) is 3. The maximum Gasteiger partial charge on any atom is 0.426 e. The van der Waals surface area contributed by atoms with Gasteiger partial charge in [0, 0.05) is 19.9 Å². The SMILES string of the molecule is CC(=O)OCC(=O)NN.CC(=O)OCC(=O)NNC(=O)OCc1ccccc1.C[C@H](NC(=O)c1ccc2n[nH]c(/C=C/c3ccc(F)cc3)c2c1O)C(N)=O.O=C(NC1CC1)c1ccc2n[nH]c(/C=C/c3ccc(F)cc3)c2c1O.O=C(NCc1ccco1)c1ccc2n[nH]c(/C=C/c3ccc(F)cc3)c2c1O.O=C(N[C@H](CO)c1ccccc1)c1ccc2n[nH]c(/C=C/c3ccc(F)cc3)c2c1O. The number of nitrogens with two attached hydrogens (primary N) is 2. The maximum absolute atomic E-state index is 13.1. The predicted octanol–water partition coefficient (Wildman–Crippen LogP) is 12.8. The number of phenols is 4. The van der Waals surface area contributed by atoms with E-state index in [2.05, 4.69) is 77.4 Å². The third kappa shape index (κ3) is 29.6. The van der Waals surface area contributed by atoms with Crippen LogP contribution in [0.15, 0.2) is 229 Å². The molecule has 36 nitrogen and oxygen atoms in total. The number of aliphatic hydroxyl groups excluding tert-OH is 1. The number of carbonyl (C=O) groups is 10. The number of aromatic hydroxyl groups is 4. The minimum absolute atomic E-state index is 0.00608. The zero-order valence-corrected chi connectivity index (χ0v) is 74.1. The van der Waals surface area contributed by atoms with Gasteiger partial charge >= 0.3 is 18.0 Å². The summed E-state index contributed by atoms with van der Waals surface area (Å²) in [5.74, 6) is -1.54. The number of halogens is 4. The number of hydrogen-bond acceptors (Lipinski definition) is 24. The number of aromatic nitrogens is 8. The predicted molar refractivity (Wildman–Crippen MR) is 506 cm³/mol. The van der Waals surface area contributed by atoms with Crippen molar-refractivity contribution in [3.63, 3.8) is 0 Å². The molecular formula is C99H91F4N17O19. The van der Waals surface area contributed by atoms with Crippen LogP contribution in [0.5, 0.6) is 23.0 Å². The van der Waals surface area contributed by atoms with Crippen molar-refractivity contribution < 1.29 is 110 Å². The number of rotatable bonds is 26. The zero-order chi connectivity index (χ0) is 99.6. The van der Waals surface area contributed by atoms with Gasteiger partial charge in [-0.2, -0.15) is 20.4 Å². The molecule has 1 aliphatic carbocycles. The van der Waals surface area contributed by atoms with Gasteiger partial charge in [0.05, 0.1) is 114 Å². The molecule has 0 radical (unpaired) electrons. The first-order chi connectivity index (χ1) is 66.9. The minimum atomic E-state index is -0.880. The fraction of sp³-hybridized carbons (Fsp3) is 0.131. The number of primary amides is 1. The summed E-state index contributed by atoms with van der Waals surface area (Å²) >= 11 is 0. The second-order valence-corrected chi connectivity index (χ2v) is 30.1. The number of nitrogens with one attached hydrogen (secondary N) is 11. The Labute approximate surface area is 787 Å². The average molecular weight is 1900 g/mol. The van der Waals surface area contributed by atoms with E-state index in [1.54, 1.807) is 169 Å². The highest BCUT2D eigenvalue weighted by Gasteiger charge is 2.28. The summed E-state index contributed by atoms with van der Waals surface area (Å²) in [6, 6.07) is 56.8. The van der Waals surface area contributed by atoms with Crippen LogP contribution in [0.2, 0.25) is 0 Å². The fourth-order valence-corrected chi connectivity index (χ4v) is 12.7. The average Bonchev–Trinajstić information content (AvgIpc) is 1.68. The van der Waals surface area contributed by atoms with Crippen LogP contribution in [-0.2, 0) is 51.3 Å². The number of H-pyrrole nitrogens is 4. The van der Waals surface area contributed by atoms with E-state index in [4.69, 9.17) is 14.9 Å². The molecular weight excluding hydrogens is 1810 g/mol. The molecule has 2 atom stereocenters. The van der Waals surface area contributed by atoms with Crippen molar-refractivity contribution >= 4 is 152 Å². The van der Waals surface area contributed by atoms with Crippen molar-refractivity contribution in [3.05, 3.63) is 332 Å². The quantitative estimate of drug-likeness (QED) is 0.00598. The number of hydrogen-bond donors (Lipinski definition) is 18. The Morgan fingerprint density at radius 2 is 0.813 bits per heavy atom. The molecule has 16 rings (SSSR count). The Kier molecular flexibility index (Phi) is 36.0. The third-order valence-corrected chi connectivity index (χ3v) is 20.0. The van der Waals surface area contributed by atoms with E-state index in [0.29, 0.717) is 72.1 Å². The number of fused-ring (bicyclic) bond motifs is 4. The molecule has 0 aliphatic heterocycles. The molecule has 1 fully saturated rings. The molecule has 10 aromatic carbocycles. The maximum atomic E-state index is 13.1. The Morgan fingerprint density at radius 3 is 1.17 bits per heavy atom. The van der Waals surface area contributed by atoms with Crippen molar-refractivity contribution in [2.75, 3.05) is 19.8 Å². The van der Waals surface area contributed by atoms with Gasteiger partial charge in [0.2, 0.25) is 5.91 Å². The molecule has 5 aromatic heterocycles. The first-order valence-corrected chi connectivity index (χ1v) is 42.2. The number of carbonyl (C=O) groups excluding carboxylic acids is 10. The lowest BCUT2D eigenvalue weighted by atomic mass is 10.0. The van der Waals surface area contributed by atoms with Crippen LogP contribution in [0.4, 0.5) is 22.4 Å². The lowest BCUT2D eigenvalue weighted by Gasteiger charge is -2.17. The molecule has 0 saturated heterocycles. The molecule has 0 spiro atoms. The number of hydrazine groups is 2. The summed E-state index contributed by atoms with van der Waals surface area (Å²) in [5.41, 5.74) is 20.3. The van der Waals surface area contributed by atoms with E-state index < -0.39 is 72.2 Å². The van der Waals surface area contributed by atoms with Gasteiger partial charge in [0.1, 0.15) is 64.7 Å². The number of amides is 8. The molecule has 1 saturated carbocycles. The van der Waals surface area contributed by atoms with Gasteiger partial charge in [0.15, 0.2) is 13.2 Å². The Hall–Kier alpha value is -18.3. The van der Waals surface area contributed by atoms with Gasteiger partial charge in [-0.05, 0) is 187 Å². The molecule has 5 heterocycles. The fourth-order valence-electron chi connectivity index (χ4n) is 12.7. The van der Waals surface area contributed by atoms with Gasteiger partial charge in [-0.15, -0.1) is 0 Å². The molecule has 8 amide bonds. The van der Waals surface area contributed by atoms with Crippen LogP contribution in [0.25, 0.3) is 92.2 Å². The molecule has 1 aliphatic rings. The molecule has 15 aromatic rings. The minimum Gasteiger partial charge on any atom is -0.506 e. The summed E-state index contributed by atoms with van der Waals surface area (Å²) < 4.78 is 70.7. The number of furan rings is 1. The Bertz CT molecular complexity index is 6970. The first kappa shape index (κ1) is 101. The Balaban J connectivity index is 0.000000164. The van der Waals surface area contributed by atoms with Gasteiger partial charge in [0.25, 0.3) is 35.4 Å². The number of benzene rings is 10. The first-order valence-electron chi connectivity index (χ1n) is 42.2. The number of phenolic OH excluding ortho intramolecular Hbond substituents is 4. The highest BCUT2D eigenvalue weighted by atomic mass is 19.1. The van der Waals surface area contributed by atoms with E-state index >= 15 is 0 Å². The van der Waals surface area contributed by atoms with Crippen LogP contribution >= 0.6 is 0 Å². The molecule has 40 heteroatoms. The third-order valence-electron chi connectivity index (χ3n) is 20.0. The van der Waals surface area contributed by atoms with E-state index in [-0.39, 0.29) is 107 Å². The molecule has 714 valence electrons. The second-order valence-electron chi connectivity index (χ2n) is 30.1. The van der Waals surface area contributed by atoms with Gasteiger partial charge in [-0.25, -0.2) is 33.6 Å². The summed E-state index contributed by atoms with van der Waals surface area (Å²) in [6.07, 6.45) is 16.5. The number of nitrogens with zero attached hydrogens (tertiary/aromatic N) is 4. The van der Waals surface area contributed by atoms with Crippen LogP contribution in [0.1, 0.15) is 143 Å². The smallest absolute Gasteiger partial charge is 0.426 e. The van der Waals surface area contributed by atoms with Gasteiger partial charge in [-0.3, -0.25) is 74.4 Å². The molecule has 139 heavy (non-hydrogen) atoms. The largest absolute Gasteiger partial charge is 0.506 e. The van der Waals surface area contributed by atoms with Crippen molar-refractivity contribution in [1.29, 1.82) is 0 Å². The van der Waals surface area contributed by atoms with Crippen molar-refractivity contribution in [2.24, 2.45) is 11.6 Å². The van der Waals surface area contributed by atoms with Gasteiger partial charge < -0.3 is 71.2 Å². The second kappa shape index (κ2) is 49.4. The van der Waals surface area contributed by atoms with Gasteiger partial charge in [-0.1, -0.05) is 133 Å². The molecule has 0 unspecified atom stereocenters. The number of esters is 2. The van der Waals surface area contributed by atoms with Crippen molar-refractivity contribution in [3.8, 4) is 23.0 Å². The number of aliphatic hydroxyl groups is 1. The zero-order valence-electron chi connectivity index (χ0n) is 74.1. The van der Waals surface area contributed by atoms with E-state index in [9.17, 15) is 91.0 Å². The Morgan fingerprint density at radius 1 is 0.446 bits per heavy atom. The van der Waals surface area contributed by atoms with E-state index in [1.165, 1.54) is 93.8 Å². The molecule has 20 N–H and O–H groups in total. The van der Waals surface area contributed by atoms with Crippen molar-refractivity contribution in [1.82, 2.24) is 78.3 Å². The summed E-state index contributed by atoms with van der Waals surface area (Å²) in [4.78, 5) is 114. The molecule has 0 bridgehead atoms.